The second-order valence-electron chi connectivity index (χ2n) is 3.97. The van der Waals surface area contributed by atoms with E-state index in [1.54, 1.807) is 12.1 Å². The summed E-state index contributed by atoms with van der Waals surface area (Å²) >= 11 is 3.20. The van der Waals surface area contributed by atoms with Crippen LogP contribution in [0, 0.1) is 0 Å². The topological polar surface area (TPSA) is 45.5 Å². The lowest BCUT2D eigenvalue weighted by Gasteiger charge is -2.36. The van der Waals surface area contributed by atoms with E-state index < -0.39 is 0 Å². The van der Waals surface area contributed by atoms with Gasteiger partial charge in [0.25, 0.3) is 5.91 Å². The molecule has 1 N–H and O–H groups in total. The fourth-order valence-corrected chi connectivity index (χ4v) is 2.59. The third-order valence-electron chi connectivity index (χ3n) is 3.18. The minimum atomic E-state index is 0.00898. The number of carbonyl (C=O) groups excluding carboxylic acids is 1. The molecule has 2 atom stereocenters. The second-order valence-corrected chi connectivity index (χ2v) is 4.75. The summed E-state index contributed by atoms with van der Waals surface area (Å²) in [6, 6.07) is 4.35. The molecule has 2 aliphatic rings. The van der Waals surface area contributed by atoms with Gasteiger partial charge < -0.3 is 14.6 Å². The molecule has 4 nitrogen and oxygen atoms in total. The highest BCUT2D eigenvalue weighted by Crippen LogP contribution is 2.26. The van der Waals surface area contributed by atoms with Crippen LogP contribution in [0.4, 0.5) is 0 Å². The Morgan fingerprint density at radius 2 is 2.47 bits per heavy atom. The summed E-state index contributed by atoms with van der Waals surface area (Å²) < 4.78 is 5.88. The van der Waals surface area contributed by atoms with Gasteiger partial charge in [0.2, 0.25) is 0 Å². The molecule has 3 heterocycles. The van der Waals surface area contributed by atoms with Crippen LogP contribution in [0.5, 0.6) is 0 Å². The molecule has 0 radical (unpaired) electrons. The Balaban J connectivity index is 1.80. The van der Waals surface area contributed by atoms with E-state index in [4.69, 9.17) is 4.42 Å². The summed E-state index contributed by atoms with van der Waals surface area (Å²) in [5.74, 6) is 0.434. The normalized spacial score (nSPS) is 28.7. The molecule has 0 bridgehead atoms. The number of hydrogen-bond donors (Lipinski definition) is 1. The highest BCUT2D eigenvalue weighted by Gasteiger charge is 2.43. The molecule has 15 heavy (non-hydrogen) atoms. The largest absolute Gasteiger partial charge is 0.444 e. The van der Waals surface area contributed by atoms with Gasteiger partial charge in [0.15, 0.2) is 10.4 Å². The fourth-order valence-electron chi connectivity index (χ4n) is 2.28. The van der Waals surface area contributed by atoms with Crippen molar-refractivity contribution in [2.75, 3.05) is 13.1 Å². The van der Waals surface area contributed by atoms with Crippen molar-refractivity contribution in [2.45, 2.75) is 18.5 Å². The van der Waals surface area contributed by atoms with Crippen LogP contribution in [0.3, 0.4) is 0 Å². The fraction of sp³-hybridized carbons (Fsp3) is 0.500. The summed E-state index contributed by atoms with van der Waals surface area (Å²) in [5.41, 5.74) is 0. The van der Waals surface area contributed by atoms with Crippen LogP contribution < -0.4 is 5.32 Å². The molecule has 1 aromatic heterocycles. The molecule has 2 saturated heterocycles. The third-order valence-corrected chi connectivity index (χ3v) is 3.61. The molecular formula is C10H11BrN2O2. The lowest BCUT2D eigenvalue weighted by molar-refractivity contribution is 0.0645. The van der Waals surface area contributed by atoms with Crippen LogP contribution in [0.15, 0.2) is 21.2 Å². The number of fused-ring (bicyclic) bond motifs is 1. The van der Waals surface area contributed by atoms with Crippen LogP contribution in [-0.4, -0.2) is 36.0 Å². The van der Waals surface area contributed by atoms with Gasteiger partial charge in [0, 0.05) is 19.1 Å². The van der Waals surface area contributed by atoms with E-state index in [9.17, 15) is 4.79 Å². The van der Waals surface area contributed by atoms with Crippen molar-refractivity contribution in [3.63, 3.8) is 0 Å². The molecule has 3 rings (SSSR count). The summed E-state index contributed by atoms with van der Waals surface area (Å²) in [6.45, 7) is 1.75. The van der Waals surface area contributed by atoms with Crippen LogP contribution in [0.1, 0.15) is 17.0 Å². The summed E-state index contributed by atoms with van der Waals surface area (Å²) in [4.78, 5) is 13.9. The summed E-state index contributed by atoms with van der Waals surface area (Å²) in [7, 11) is 0. The maximum atomic E-state index is 12.0. The van der Waals surface area contributed by atoms with Gasteiger partial charge in [-0.1, -0.05) is 0 Å². The molecule has 1 aromatic rings. The Labute approximate surface area is 95.7 Å². The average Bonchev–Trinajstić information content (AvgIpc) is 2.70. The Morgan fingerprint density at radius 1 is 1.60 bits per heavy atom. The standard InChI is InChI=1S/C10H11BrN2O2/c11-9-2-1-8(15-9)10(14)13-4-3-6-7(13)5-12-6/h1-2,6-7,12H,3-5H2. The monoisotopic (exact) mass is 270 g/mol. The van der Waals surface area contributed by atoms with Crippen LogP contribution in [0.25, 0.3) is 0 Å². The van der Waals surface area contributed by atoms with E-state index in [0.717, 1.165) is 19.5 Å². The number of amides is 1. The molecule has 2 aliphatic heterocycles. The van der Waals surface area contributed by atoms with Crippen LogP contribution in [-0.2, 0) is 0 Å². The molecule has 80 valence electrons. The first-order chi connectivity index (χ1) is 7.25. The van der Waals surface area contributed by atoms with E-state index in [1.165, 1.54) is 0 Å². The molecule has 1 amide bonds. The molecule has 0 saturated carbocycles. The van der Waals surface area contributed by atoms with Gasteiger partial charge in [-0.3, -0.25) is 4.79 Å². The maximum absolute atomic E-state index is 12.0. The Hall–Kier alpha value is -0.810. The van der Waals surface area contributed by atoms with Gasteiger partial charge in [0.05, 0.1) is 6.04 Å². The van der Waals surface area contributed by atoms with E-state index in [2.05, 4.69) is 21.2 Å². The zero-order chi connectivity index (χ0) is 10.4. The minimum absolute atomic E-state index is 0.00898. The number of carbonyl (C=O) groups is 1. The highest BCUT2D eigenvalue weighted by molar-refractivity contribution is 9.10. The number of hydrogen-bond acceptors (Lipinski definition) is 3. The number of furan rings is 1. The molecular weight excluding hydrogens is 260 g/mol. The number of nitrogens with zero attached hydrogens (tertiary/aromatic N) is 1. The number of halogens is 1. The van der Waals surface area contributed by atoms with Gasteiger partial charge in [-0.15, -0.1) is 0 Å². The molecule has 2 unspecified atom stereocenters. The van der Waals surface area contributed by atoms with Gasteiger partial charge >= 0.3 is 0 Å². The first-order valence-electron chi connectivity index (χ1n) is 5.05. The van der Waals surface area contributed by atoms with Crippen molar-refractivity contribution in [1.29, 1.82) is 0 Å². The molecule has 5 heteroatoms. The van der Waals surface area contributed by atoms with Crippen molar-refractivity contribution in [3.05, 3.63) is 22.6 Å². The van der Waals surface area contributed by atoms with E-state index in [0.29, 0.717) is 22.5 Å². The van der Waals surface area contributed by atoms with Crippen molar-refractivity contribution >= 4 is 21.8 Å². The SMILES string of the molecule is O=C(c1ccc(Br)o1)N1CCC2NCC21. The Kier molecular flexibility index (Phi) is 2.10. The molecule has 2 fully saturated rings. The maximum Gasteiger partial charge on any atom is 0.289 e. The number of rotatable bonds is 1. The van der Waals surface area contributed by atoms with E-state index in [1.807, 2.05) is 4.90 Å². The lowest BCUT2D eigenvalue weighted by Crippen LogP contribution is -2.60. The van der Waals surface area contributed by atoms with Gasteiger partial charge in [-0.25, -0.2) is 0 Å². The van der Waals surface area contributed by atoms with Crippen molar-refractivity contribution in [3.8, 4) is 0 Å². The van der Waals surface area contributed by atoms with E-state index in [-0.39, 0.29) is 5.91 Å². The van der Waals surface area contributed by atoms with Crippen LogP contribution in [0.2, 0.25) is 0 Å². The summed E-state index contributed by atoms with van der Waals surface area (Å²) in [6.07, 6.45) is 1.05. The molecule has 0 spiro atoms. The first kappa shape index (κ1) is 9.42. The lowest BCUT2D eigenvalue weighted by atomic mass is 10.0. The number of likely N-dealkylation sites (tertiary alicyclic amines) is 1. The molecule has 0 aromatic carbocycles. The zero-order valence-electron chi connectivity index (χ0n) is 8.07. The zero-order valence-corrected chi connectivity index (χ0v) is 9.66. The summed E-state index contributed by atoms with van der Waals surface area (Å²) in [5, 5.41) is 3.32. The van der Waals surface area contributed by atoms with Crippen LogP contribution >= 0.6 is 15.9 Å². The second kappa shape index (κ2) is 3.35. The smallest absolute Gasteiger partial charge is 0.289 e. The third kappa shape index (κ3) is 1.41. The van der Waals surface area contributed by atoms with Crippen molar-refractivity contribution < 1.29 is 9.21 Å². The quantitative estimate of drug-likeness (QED) is 0.835. The average molecular weight is 271 g/mol. The van der Waals surface area contributed by atoms with Gasteiger partial charge in [-0.05, 0) is 34.5 Å². The minimum Gasteiger partial charge on any atom is -0.444 e. The Morgan fingerprint density at radius 3 is 3.00 bits per heavy atom. The van der Waals surface area contributed by atoms with Gasteiger partial charge in [-0.2, -0.15) is 0 Å². The number of nitrogens with one attached hydrogen (secondary N) is 1. The predicted molar refractivity (Wildman–Crippen MR) is 57.6 cm³/mol. The van der Waals surface area contributed by atoms with E-state index >= 15 is 0 Å². The highest BCUT2D eigenvalue weighted by atomic mass is 79.9. The Bertz CT molecular complexity index is 404. The predicted octanol–water partition coefficient (Wildman–Crippen LogP) is 1.23. The molecule has 0 aliphatic carbocycles. The van der Waals surface area contributed by atoms with Crippen molar-refractivity contribution in [2.24, 2.45) is 0 Å². The first-order valence-corrected chi connectivity index (χ1v) is 5.85. The van der Waals surface area contributed by atoms with Gasteiger partial charge in [0.1, 0.15) is 0 Å². The van der Waals surface area contributed by atoms with Crippen molar-refractivity contribution in [1.82, 2.24) is 10.2 Å².